The second kappa shape index (κ2) is 10.7. The van der Waals surface area contributed by atoms with Crippen LogP contribution in [0.15, 0.2) is 60.7 Å². The summed E-state index contributed by atoms with van der Waals surface area (Å²) < 4.78 is 163. The quantitative estimate of drug-likeness (QED) is 0.190. The highest BCUT2D eigenvalue weighted by Gasteiger charge is 2.50. The summed E-state index contributed by atoms with van der Waals surface area (Å²) in [4.78, 5) is 0. The molecule has 0 aromatic heterocycles. The van der Waals surface area contributed by atoms with Crippen LogP contribution in [0, 0.1) is 23.3 Å². The first-order chi connectivity index (χ1) is 19.0. The molecule has 0 aliphatic carbocycles. The van der Waals surface area contributed by atoms with Crippen molar-refractivity contribution in [2.75, 3.05) is 6.61 Å². The average Bonchev–Trinajstić information content (AvgIpc) is 2.81. The maximum Gasteiger partial charge on any atom is 0.527 e. The summed E-state index contributed by atoms with van der Waals surface area (Å²) in [6, 6.07) is 8.70. The fourth-order valence-electron chi connectivity index (χ4n) is 3.95. The molecule has 41 heavy (non-hydrogen) atoms. The van der Waals surface area contributed by atoms with Crippen LogP contribution in [-0.2, 0) is 17.0 Å². The topological polar surface area (TPSA) is 27.7 Å². The van der Waals surface area contributed by atoms with Crippen LogP contribution in [0.3, 0.4) is 0 Å². The van der Waals surface area contributed by atoms with Crippen LogP contribution in [0.25, 0.3) is 21.9 Å². The minimum Gasteiger partial charge on any atom is -0.494 e. The molecule has 4 rings (SSSR count). The van der Waals surface area contributed by atoms with Gasteiger partial charge < -0.3 is 9.47 Å². The number of benzene rings is 4. The maximum atomic E-state index is 15.2. The van der Waals surface area contributed by atoms with Crippen LogP contribution in [0.2, 0.25) is 0 Å². The highest BCUT2D eigenvalue weighted by molar-refractivity contribution is 5.89. The lowest BCUT2D eigenvalue weighted by molar-refractivity contribution is -0.432. The van der Waals surface area contributed by atoms with Crippen molar-refractivity contribution in [3.8, 4) is 22.6 Å². The molecule has 0 bridgehead atoms. The van der Waals surface area contributed by atoms with Crippen molar-refractivity contribution in [3.63, 3.8) is 0 Å². The van der Waals surface area contributed by atoms with Gasteiger partial charge in [0.25, 0.3) is 0 Å². The van der Waals surface area contributed by atoms with Crippen LogP contribution >= 0.6 is 0 Å². The van der Waals surface area contributed by atoms with Crippen molar-refractivity contribution < 1.29 is 62.5 Å². The number of hydrogen-bond donors (Lipinski definition) is 0. The van der Waals surface area contributed by atoms with Gasteiger partial charge in [0.2, 0.25) is 0 Å². The summed E-state index contributed by atoms with van der Waals surface area (Å²) in [5.41, 5.74) is -4.33. The number of hydrogen-bond acceptors (Lipinski definition) is 3. The molecule has 0 amide bonds. The fraction of sp³-hybridized carbons (Fsp3) is 0.185. The molecule has 14 heteroatoms. The molecule has 0 saturated carbocycles. The van der Waals surface area contributed by atoms with E-state index in [9.17, 15) is 43.9 Å². The zero-order valence-electron chi connectivity index (χ0n) is 20.4. The van der Waals surface area contributed by atoms with Crippen LogP contribution in [-0.4, -0.2) is 13.0 Å². The lowest BCUT2D eigenvalue weighted by Gasteiger charge is -2.22. The van der Waals surface area contributed by atoms with Gasteiger partial charge in [-0.2, -0.15) is 17.6 Å². The van der Waals surface area contributed by atoms with Crippen molar-refractivity contribution in [3.05, 3.63) is 95.1 Å². The lowest BCUT2D eigenvalue weighted by Crippen LogP contribution is -2.30. The van der Waals surface area contributed by atoms with Gasteiger partial charge in [-0.05, 0) is 48.2 Å². The van der Waals surface area contributed by atoms with Gasteiger partial charge in [-0.25, -0.2) is 22.3 Å². The predicted molar refractivity (Wildman–Crippen MR) is 122 cm³/mol. The first-order valence-electron chi connectivity index (χ1n) is 11.4. The molecule has 0 heterocycles. The van der Waals surface area contributed by atoms with E-state index >= 15 is 4.39 Å². The van der Waals surface area contributed by atoms with Crippen LogP contribution in [0.4, 0.5) is 48.3 Å². The van der Waals surface area contributed by atoms with Gasteiger partial charge >= 0.3 is 18.6 Å². The minimum atomic E-state index is -6.00. The highest BCUT2D eigenvalue weighted by atomic mass is 19.4. The molecule has 0 fully saturated rings. The second-order valence-corrected chi connectivity index (χ2v) is 8.38. The first kappa shape index (κ1) is 29.9. The molecule has 218 valence electrons. The van der Waals surface area contributed by atoms with Crippen LogP contribution in [0.5, 0.6) is 11.5 Å². The number of rotatable bonds is 8. The third-order valence-electron chi connectivity index (χ3n) is 5.63. The van der Waals surface area contributed by atoms with E-state index in [-0.39, 0.29) is 28.6 Å². The molecule has 4 aromatic rings. The standard InChI is InChI=1S/C27H15F11O3/c1-2-39-15-5-7-18-13(9-15)3-6-17(24(18)31)14-4-8-19(20(28)10-14)25(32,33)40-16-11-21(29)23(22(30)12-16)26(34,35)41-27(36,37)38/h3-12H,2H2,1H3. The largest absolute Gasteiger partial charge is 0.527 e. The second-order valence-electron chi connectivity index (χ2n) is 8.38. The third-order valence-corrected chi connectivity index (χ3v) is 5.63. The highest BCUT2D eigenvalue weighted by Crippen LogP contribution is 2.42. The number of halogens is 11. The van der Waals surface area contributed by atoms with Gasteiger partial charge in [0.05, 0.1) is 12.2 Å². The summed E-state index contributed by atoms with van der Waals surface area (Å²) in [5, 5.41) is 0.574. The molecule has 0 N–H and O–H groups in total. The lowest BCUT2D eigenvalue weighted by atomic mass is 9.98. The van der Waals surface area contributed by atoms with E-state index < -0.39 is 58.7 Å². The van der Waals surface area contributed by atoms with E-state index in [1.807, 2.05) is 0 Å². The van der Waals surface area contributed by atoms with Gasteiger partial charge in [0, 0.05) is 23.1 Å². The molecule has 0 unspecified atom stereocenters. The molecule has 4 aromatic carbocycles. The maximum absolute atomic E-state index is 15.2. The van der Waals surface area contributed by atoms with Crippen molar-refractivity contribution in [2.24, 2.45) is 0 Å². The van der Waals surface area contributed by atoms with Gasteiger partial charge in [0.15, 0.2) is 0 Å². The van der Waals surface area contributed by atoms with E-state index in [1.54, 1.807) is 13.0 Å². The summed E-state index contributed by atoms with van der Waals surface area (Å²) in [5.74, 6) is -8.25. The molecule has 0 atom stereocenters. The Balaban J connectivity index is 1.62. The van der Waals surface area contributed by atoms with Crippen LogP contribution < -0.4 is 9.47 Å². The Morgan fingerprint density at radius 1 is 0.659 bits per heavy atom. The Kier molecular flexibility index (Phi) is 7.82. The molecule has 0 aliphatic rings. The Morgan fingerprint density at radius 3 is 1.90 bits per heavy atom. The van der Waals surface area contributed by atoms with E-state index in [0.29, 0.717) is 29.9 Å². The molecule has 0 spiro atoms. The van der Waals surface area contributed by atoms with Crippen LogP contribution in [0.1, 0.15) is 18.1 Å². The summed E-state index contributed by atoms with van der Waals surface area (Å²) in [7, 11) is 0. The van der Waals surface area contributed by atoms with E-state index in [4.69, 9.17) is 4.74 Å². The molecule has 0 radical (unpaired) electrons. The smallest absolute Gasteiger partial charge is 0.494 e. The van der Waals surface area contributed by atoms with Gasteiger partial charge in [-0.1, -0.05) is 18.2 Å². The molecular formula is C27H15F11O3. The SMILES string of the molecule is CCOc1ccc2c(F)c(-c3ccc(C(F)(F)Oc4cc(F)c(C(F)(F)OC(F)(F)F)c(F)c4)c(F)c3)ccc2c1. The Morgan fingerprint density at radius 2 is 1.32 bits per heavy atom. The molecular weight excluding hydrogens is 581 g/mol. The first-order valence-corrected chi connectivity index (χ1v) is 11.4. The molecule has 0 aliphatic heterocycles. The Labute approximate surface area is 223 Å². The van der Waals surface area contributed by atoms with Crippen molar-refractivity contribution in [1.82, 2.24) is 0 Å². The number of alkyl halides is 7. The Hall–Kier alpha value is -4.07. The minimum absolute atomic E-state index is 0.128. The molecule has 3 nitrogen and oxygen atoms in total. The van der Waals surface area contributed by atoms with Crippen molar-refractivity contribution >= 4 is 10.8 Å². The zero-order chi connectivity index (χ0) is 30.3. The predicted octanol–water partition coefficient (Wildman–Crippen LogP) is 9.18. The zero-order valence-corrected chi connectivity index (χ0v) is 20.4. The van der Waals surface area contributed by atoms with Gasteiger partial charge in [0.1, 0.15) is 40.3 Å². The van der Waals surface area contributed by atoms with E-state index in [0.717, 1.165) is 6.07 Å². The normalized spacial score (nSPS) is 12.6. The average molecular weight is 596 g/mol. The van der Waals surface area contributed by atoms with Gasteiger partial charge in [-0.15, -0.1) is 13.2 Å². The number of fused-ring (bicyclic) bond motifs is 1. The van der Waals surface area contributed by atoms with Gasteiger partial charge in [-0.3, -0.25) is 0 Å². The third kappa shape index (κ3) is 6.32. The summed E-state index contributed by atoms with van der Waals surface area (Å²) in [6.07, 6.45) is -16.2. The summed E-state index contributed by atoms with van der Waals surface area (Å²) >= 11 is 0. The fourth-order valence-corrected chi connectivity index (χ4v) is 3.95. The molecule has 0 saturated heterocycles. The van der Waals surface area contributed by atoms with E-state index in [1.165, 1.54) is 24.3 Å². The Bertz CT molecular complexity index is 1580. The van der Waals surface area contributed by atoms with Crippen molar-refractivity contribution in [1.29, 1.82) is 0 Å². The van der Waals surface area contributed by atoms with E-state index in [2.05, 4.69) is 9.47 Å². The summed E-state index contributed by atoms with van der Waals surface area (Å²) in [6.45, 7) is 2.13. The monoisotopic (exact) mass is 596 g/mol. The number of ether oxygens (including phenoxy) is 3. The van der Waals surface area contributed by atoms with Crippen molar-refractivity contribution in [2.45, 2.75) is 25.5 Å².